The average Bonchev–Trinajstić information content (AvgIpc) is 2.35. The van der Waals surface area contributed by atoms with Crippen LogP contribution in [0.2, 0.25) is 0 Å². The van der Waals surface area contributed by atoms with Gasteiger partial charge in [0.2, 0.25) is 0 Å². The maximum atomic E-state index is 11.2. The third-order valence-electron chi connectivity index (χ3n) is 3.04. The van der Waals surface area contributed by atoms with Crippen molar-refractivity contribution >= 4 is 9.84 Å². The minimum absolute atomic E-state index is 0.0344. The highest BCUT2D eigenvalue weighted by atomic mass is 32.2. The summed E-state index contributed by atoms with van der Waals surface area (Å²) in [6.45, 7) is 1.63. The fourth-order valence-electron chi connectivity index (χ4n) is 1.92. The second-order valence-corrected chi connectivity index (χ2v) is 7.50. The lowest BCUT2D eigenvalue weighted by atomic mass is 9.94. The van der Waals surface area contributed by atoms with Gasteiger partial charge in [-0.15, -0.1) is 0 Å². The number of ether oxygens (including phenoxy) is 2. The largest absolute Gasteiger partial charge is 0.493 e. The second kappa shape index (κ2) is 6.45. The standard InChI is InChI=1S/C14H22O5S/c1-14(15,7-8-20(4,16)17)10-11-5-6-12(18-2)13(9-11)19-3/h5-6,9,15H,7-8,10H2,1-4H3. The van der Waals surface area contributed by atoms with Crippen LogP contribution in [0.3, 0.4) is 0 Å². The fourth-order valence-corrected chi connectivity index (χ4v) is 2.73. The highest BCUT2D eigenvalue weighted by Gasteiger charge is 2.23. The Bertz CT molecular complexity index is 549. The van der Waals surface area contributed by atoms with Crippen LogP contribution in [0, 0.1) is 0 Å². The zero-order valence-corrected chi connectivity index (χ0v) is 13.2. The van der Waals surface area contributed by atoms with Crippen molar-refractivity contribution in [3.8, 4) is 11.5 Å². The molecule has 0 amide bonds. The van der Waals surface area contributed by atoms with Crippen LogP contribution >= 0.6 is 0 Å². The summed E-state index contributed by atoms with van der Waals surface area (Å²) < 4.78 is 32.7. The number of sulfone groups is 1. The van der Waals surface area contributed by atoms with Crippen molar-refractivity contribution in [2.75, 3.05) is 26.2 Å². The van der Waals surface area contributed by atoms with Crippen molar-refractivity contribution in [1.82, 2.24) is 0 Å². The summed E-state index contributed by atoms with van der Waals surface area (Å²) in [5.41, 5.74) is -0.218. The van der Waals surface area contributed by atoms with Crippen LogP contribution in [0.25, 0.3) is 0 Å². The lowest BCUT2D eigenvalue weighted by molar-refractivity contribution is 0.0571. The molecule has 20 heavy (non-hydrogen) atoms. The molecule has 6 heteroatoms. The van der Waals surface area contributed by atoms with Gasteiger partial charge in [-0.1, -0.05) is 6.07 Å². The third kappa shape index (κ3) is 5.38. The molecule has 1 aromatic carbocycles. The van der Waals surface area contributed by atoms with E-state index >= 15 is 0 Å². The quantitative estimate of drug-likeness (QED) is 0.825. The lowest BCUT2D eigenvalue weighted by Crippen LogP contribution is -2.30. The van der Waals surface area contributed by atoms with E-state index in [0.717, 1.165) is 5.56 Å². The summed E-state index contributed by atoms with van der Waals surface area (Å²) in [6.07, 6.45) is 1.71. The summed E-state index contributed by atoms with van der Waals surface area (Å²) in [7, 11) is 0.0226. The van der Waals surface area contributed by atoms with Crippen LogP contribution in [0.4, 0.5) is 0 Å². The lowest BCUT2D eigenvalue weighted by Gasteiger charge is -2.23. The monoisotopic (exact) mass is 302 g/mol. The first-order chi connectivity index (χ1) is 9.17. The molecule has 0 saturated carbocycles. The van der Waals surface area contributed by atoms with E-state index in [9.17, 15) is 13.5 Å². The predicted octanol–water partition coefficient (Wildman–Crippen LogP) is 1.43. The smallest absolute Gasteiger partial charge is 0.160 e. The number of aliphatic hydroxyl groups is 1. The van der Waals surface area contributed by atoms with Gasteiger partial charge in [0.25, 0.3) is 0 Å². The van der Waals surface area contributed by atoms with Gasteiger partial charge in [0, 0.05) is 12.7 Å². The highest BCUT2D eigenvalue weighted by Crippen LogP contribution is 2.29. The molecule has 1 aromatic rings. The van der Waals surface area contributed by atoms with Crippen LogP contribution < -0.4 is 9.47 Å². The molecule has 114 valence electrons. The maximum absolute atomic E-state index is 11.2. The molecule has 1 atom stereocenters. The van der Waals surface area contributed by atoms with Crippen LogP contribution in [0.15, 0.2) is 18.2 Å². The molecule has 0 radical (unpaired) electrons. The van der Waals surface area contributed by atoms with E-state index in [-0.39, 0.29) is 12.2 Å². The van der Waals surface area contributed by atoms with E-state index < -0.39 is 15.4 Å². The molecule has 0 saturated heterocycles. The highest BCUT2D eigenvalue weighted by molar-refractivity contribution is 7.90. The Kier molecular flexibility index (Phi) is 5.42. The van der Waals surface area contributed by atoms with Crippen LogP contribution in [0.1, 0.15) is 18.9 Å². The fraction of sp³-hybridized carbons (Fsp3) is 0.571. The van der Waals surface area contributed by atoms with Gasteiger partial charge >= 0.3 is 0 Å². The second-order valence-electron chi connectivity index (χ2n) is 5.24. The number of rotatable bonds is 7. The minimum atomic E-state index is -3.08. The van der Waals surface area contributed by atoms with E-state index in [2.05, 4.69) is 0 Å². The van der Waals surface area contributed by atoms with E-state index in [1.807, 2.05) is 6.07 Å². The Labute approximate surface area is 120 Å². The molecule has 0 aliphatic rings. The van der Waals surface area contributed by atoms with E-state index in [4.69, 9.17) is 9.47 Å². The molecular formula is C14H22O5S. The van der Waals surface area contributed by atoms with Gasteiger partial charge in [0.1, 0.15) is 9.84 Å². The van der Waals surface area contributed by atoms with Gasteiger partial charge in [-0.05, 0) is 31.0 Å². The Balaban J connectivity index is 2.81. The molecular weight excluding hydrogens is 280 g/mol. The number of hydrogen-bond acceptors (Lipinski definition) is 5. The molecule has 5 nitrogen and oxygen atoms in total. The average molecular weight is 302 g/mol. The molecule has 0 heterocycles. The Morgan fingerprint density at radius 2 is 1.80 bits per heavy atom. The number of methoxy groups -OCH3 is 2. The summed E-state index contributed by atoms with van der Waals surface area (Å²) >= 11 is 0. The van der Waals surface area contributed by atoms with Gasteiger partial charge in [-0.2, -0.15) is 0 Å². The van der Waals surface area contributed by atoms with Crippen molar-refractivity contribution in [3.05, 3.63) is 23.8 Å². The zero-order valence-electron chi connectivity index (χ0n) is 12.3. The molecule has 1 N–H and O–H groups in total. The molecule has 0 aromatic heterocycles. The minimum Gasteiger partial charge on any atom is -0.493 e. The molecule has 0 bridgehead atoms. The van der Waals surface area contributed by atoms with Gasteiger partial charge < -0.3 is 14.6 Å². The van der Waals surface area contributed by atoms with Crippen molar-refractivity contribution in [1.29, 1.82) is 0 Å². The third-order valence-corrected chi connectivity index (χ3v) is 3.99. The first kappa shape index (κ1) is 16.8. The van der Waals surface area contributed by atoms with Crippen molar-refractivity contribution in [2.24, 2.45) is 0 Å². The Hall–Kier alpha value is -1.27. The van der Waals surface area contributed by atoms with Gasteiger partial charge in [-0.3, -0.25) is 0 Å². The Morgan fingerprint density at radius 3 is 2.30 bits per heavy atom. The topological polar surface area (TPSA) is 72.8 Å². The van der Waals surface area contributed by atoms with Crippen LogP contribution in [0.5, 0.6) is 11.5 Å². The maximum Gasteiger partial charge on any atom is 0.160 e. The zero-order chi connectivity index (χ0) is 15.4. The molecule has 1 rings (SSSR count). The molecule has 1 unspecified atom stereocenters. The normalized spacial score (nSPS) is 14.7. The number of benzene rings is 1. The van der Waals surface area contributed by atoms with E-state index in [0.29, 0.717) is 17.9 Å². The van der Waals surface area contributed by atoms with Gasteiger partial charge in [0.15, 0.2) is 11.5 Å². The van der Waals surface area contributed by atoms with Crippen molar-refractivity contribution in [2.45, 2.75) is 25.4 Å². The summed E-state index contributed by atoms with van der Waals surface area (Å²) in [6, 6.07) is 5.38. The van der Waals surface area contributed by atoms with Crippen molar-refractivity contribution in [3.63, 3.8) is 0 Å². The summed E-state index contributed by atoms with van der Waals surface area (Å²) in [4.78, 5) is 0. The van der Waals surface area contributed by atoms with Crippen molar-refractivity contribution < 1.29 is 23.0 Å². The molecule has 0 aliphatic carbocycles. The van der Waals surface area contributed by atoms with Crippen LogP contribution in [-0.2, 0) is 16.3 Å². The summed E-state index contributed by atoms with van der Waals surface area (Å²) in [5, 5.41) is 10.3. The Morgan fingerprint density at radius 1 is 1.20 bits per heavy atom. The first-order valence-corrected chi connectivity index (χ1v) is 8.34. The van der Waals surface area contributed by atoms with Gasteiger partial charge in [0.05, 0.1) is 25.6 Å². The molecule has 0 fully saturated rings. The van der Waals surface area contributed by atoms with Gasteiger partial charge in [-0.25, -0.2) is 8.42 Å². The SMILES string of the molecule is COc1ccc(CC(C)(O)CCS(C)(=O)=O)cc1OC. The molecule has 0 spiro atoms. The predicted molar refractivity (Wildman–Crippen MR) is 78.2 cm³/mol. The number of hydrogen-bond donors (Lipinski definition) is 1. The van der Waals surface area contributed by atoms with E-state index in [1.165, 1.54) is 6.26 Å². The molecule has 0 aliphatic heterocycles. The van der Waals surface area contributed by atoms with E-state index in [1.54, 1.807) is 33.3 Å². The van der Waals surface area contributed by atoms with Crippen LogP contribution in [-0.4, -0.2) is 45.4 Å². The summed E-state index contributed by atoms with van der Waals surface area (Å²) in [5.74, 6) is 1.17. The first-order valence-electron chi connectivity index (χ1n) is 6.28.